The van der Waals surface area contributed by atoms with E-state index in [2.05, 4.69) is 130 Å². The second-order valence-electron chi connectivity index (χ2n) is 20.9. The molecule has 0 radical (unpaired) electrons. The van der Waals surface area contributed by atoms with Crippen molar-refractivity contribution < 1.29 is 28.6 Å². The quantitative estimate of drug-likeness (QED) is 0.0261. The van der Waals surface area contributed by atoms with Crippen molar-refractivity contribution >= 4 is 17.9 Å². The third-order valence-electron chi connectivity index (χ3n) is 13.5. The summed E-state index contributed by atoms with van der Waals surface area (Å²) in [7, 11) is 0. The highest BCUT2D eigenvalue weighted by Gasteiger charge is 2.19. The highest BCUT2D eigenvalue weighted by atomic mass is 16.6. The van der Waals surface area contributed by atoms with Crippen molar-refractivity contribution in [3.63, 3.8) is 0 Å². The van der Waals surface area contributed by atoms with Crippen LogP contribution in [-0.4, -0.2) is 37.2 Å². The van der Waals surface area contributed by atoms with Gasteiger partial charge in [0, 0.05) is 19.3 Å². The molecule has 0 aliphatic rings. The summed E-state index contributed by atoms with van der Waals surface area (Å²) < 4.78 is 16.9. The summed E-state index contributed by atoms with van der Waals surface area (Å²) in [5.41, 5.74) is 0. The summed E-state index contributed by atoms with van der Waals surface area (Å²) >= 11 is 0. The molecule has 0 aliphatic carbocycles. The van der Waals surface area contributed by atoms with Crippen molar-refractivity contribution in [3.8, 4) is 0 Å². The zero-order chi connectivity index (χ0) is 55.0. The number of carbonyl (C=O) groups excluding carboxylic acids is 3. The van der Waals surface area contributed by atoms with E-state index in [4.69, 9.17) is 14.2 Å². The molecule has 0 saturated heterocycles. The van der Waals surface area contributed by atoms with Gasteiger partial charge in [0.15, 0.2) is 6.10 Å². The molecule has 0 spiro atoms. The van der Waals surface area contributed by atoms with Crippen LogP contribution in [-0.2, 0) is 28.6 Å². The first-order valence-corrected chi connectivity index (χ1v) is 31.9. The lowest BCUT2D eigenvalue weighted by molar-refractivity contribution is -0.167. The SMILES string of the molecule is CC/C=C\C/C=C\C/C=C\C/C=C\C/C=C\CCCCCCCCCCCC(=O)OCC(COC(=O)CCCCCCC/C=C\CCC)OC(=O)CCCCCCCCCC/C=C\C/C=C\C/C=C\CCCCCCC. The van der Waals surface area contributed by atoms with Crippen LogP contribution in [0.25, 0.3) is 0 Å². The second kappa shape index (κ2) is 63.6. The molecule has 0 N–H and O–H groups in total. The van der Waals surface area contributed by atoms with Gasteiger partial charge in [-0.25, -0.2) is 0 Å². The third kappa shape index (κ3) is 60.9. The summed E-state index contributed by atoms with van der Waals surface area (Å²) in [6.45, 7) is 6.45. The number of rotatable bonds is 57. The molecule has 434 valence electrons. The zero-order valence-electron chi connectivity index (χ0n) is 49.7. The summed E-state index contributed by atoms with van der Waals surface area (Å²) in [5, 5.41) is 0. The van der Waals surface area contributed by atoms with Crippen LogP contribution in [0.2, 0.25) is 0 Å². The van der Waals surface area contributed by atoms with Crippen LogP contribution in [0.5, 0.6) is 0 Å². The maximum Gasteiger partial charge on any atom is 0.306 e. The monoisotopic (exact) mass is 1050 g/mol. The first kappa shape index (κ1) is 72.1. The Bertz CT molecular complexity index is 1540. The van der Waals surface area contributed by atoms with Crippen LogP contribution >= 0.6 is 0 Å². The zero-order valence-corrected chi connectivity index (χ0v) is 49.7. The minimum atomic E-state index is -0.790. The van der Waals surface area contributed by atoms with E-state index in [1.807, 2.05) is 0 Å². The molecule has 0 fully saturated rings. The van der Waals surface area contributed by atoms with Crippen LogP contribution in [0, 0.1) is 0 Å². The number of allylic oxidation sites excluding steroid dienone is 18. The Morgan fingerprint density at radius 2 is 0.539 bits per heavy atom. The Kier molecular flexibility index (Phi) is 60.3. The van der Waals surface area contributed by atoms with E-state index in [0.717, 1.165) is 135 Å². The fraction of sp³-hybridized carbons (Fsp3) is 0.700. The Morgan fingerprint density at radius 1 is 0.276 bits per heavy atom. The summed E-state index contributed by atoms with van der Waals surface area (Å²) in [5.74, 6) is -0.906. The Morgan fingerprint density at radius 3 is 0.868 bits per heavy atom. The summed E-state index contributed by atoms with van der Waals surface area (Å²) in [6, 6.07) is 0. The van der Waals surface area contributed by atoms with Crippen molar-refractivity contribution in [2.75, 3.05) is 13.2 Å². The molecule has 0 aromatic carbocycles. The van der Waals surface area contributed by atoms with Gasteiger partial charge in [-0.05, 0) is 122 Å². The first-order chi connectivity index (χ1) is 37.5. The highest BCUT2D eigenvalue weighted by Crippen LogP contribution is 2.15. The van der Waals surface area contributed by atoms with E-state index >= 15 is 0 Å². The summed E-state index contributed by atoms with van der Waals surface area (Å²) in [4.78, 5) is 38.2. The molecule has 0 saturated carbocycles. The fourth-order valence-electron chi connectivity index (χ4n) is 8.71. The number of ether oxygens (including phenoxy) is 3. The second-order valence-corrected chi connectivity index (χ2v) is 20.9. The minimum absolute atomic E-state index is 0.0876. The molecule has 0 rings (SSSR count). The van der Waals surface area contributed by atoms with Gasteiger partial charge in [-0.15, -0.1) is 0 Å². The number of hydrogen-bond donors (Lipinski definition) is 0. The predicted molar refractivity (Wildman–Crippen MR) is 330 cm³/mol. The molecular formula is C70H118O6. The maximum absolute atomic E-state index is 12.9. The van der Waals surface area contributed by atoms with Gasteiger partial charge < -0.3 is 14.2 Å². The molecule has 0 aromatic rings. The Balaban J connectivity index is 4.30. The van der Waals surface area contributed by atoms with E-state index < -0.39 is 6.10 Å². The van der Waals surface area contributed by atoms with Crippen LogP contribution in [0.3, 0.4) is 0 Å². The van der Waals surface area contributed by atoms with Crippen LogP contribution < -0.4 is 0 Å². The highest BCUT2D eigenvalue weighted by molar-refractivity contribution is 5.71. The average Bonchev–Trinajstić information content (AvgIpc) is 3.42. The van der Waals surface area contributed by atoms with Crippen molar-refractivity contribution in [3.05, 3.63) is 109 Å². The minimum Gasteiger partial charge on any atom is -0.462 e. The molecule has 1 unspecified atom stereocenters. The standard InChI is InChI=1S/C70H118O6/c1-4-7-10-13-16-19-22-24-26-28-30-32-34-35-37-38-40-42-44-46-48-51-54-57-60-63-69(72)75-66-67(65-74-68(71)62-59-56-53-50-21-18-15-12-9-6-3)76-70(73)64-61-58-55-52-49-47-45-43-41-39-36-33-31-29-27-25-23-20-17-14-11-8-5-2/h7,10,12,15-16,19,23-26,29-32,35-37,39,67H,4-6,8-9,11,13-14,17-18,20-22,27-28,33-34,38,40-66H2,1-3H3/b10-7-,15-12-,19-16-,25-23-,26-24-,31-29-,32-30-,37-35-,39-36-. The number of esters is 3. The molecular weight excluding hydrogens is 937 g/mol. The molecule has 0 aromatic heterocycles. The van der Waals surface area contributed by atoms with Crippen LogP contribution in [0.15, 0.2) is 109 Å². The first-order valence-electron chi connectivity index (χ1n) is 31.9. The third-order valence-corrected chi connectivity index (χ3v) is 13.5. The maximum atomic E-state index is 12.9. The fourth-order valence-corrected chi connectivity index (χ4v) is 8.71. The van der Waals surface area contributed by atoms with Gasteiger partial charge in [0.2, 0.25) is 0 Å². The van der Waals surface area contributed by atoms with Crippen molar-refractivity contribution in [1.29, 1.82) is 0 Å². The smallest absolute Gasteiger partial charge is 0.306 e. The lowest BCUT2D eigenvalue weighted by Gasteiger charge is -2.18. The molecule has 6 nitrogen and oxygen atoms in total. The largest absolute Gasteiger partial charge is 0.462 e. The van der Waals surface area contributed by atoms with E-state index in [1.165, 1.54) is 122 Å². The molecule has 0 aliphatic heterocycles. The molecule has 76 heavy (non-hydrogen) atoms. The Hall–Kier alpha value is -3.93. The number of carbonyl (C=O) groups is 3. The van der Waals surface area contributed by atoms with Crippen LogP contribution in [0.1, 0.15) is 297 Å². The number of hydrogen-bond acceptors (Lipinski definition) is 6. The van der Waals surface area contributed by atoms with E-state index in [0.29, 0.717) is 19.3 Å². The van der Waals surface area contributed by atoms with Gasteiger partial charge in [0.1, 0.15) is 13.2 Å². The van der Waals surface area contributed by atoms with Crippen molar-refractivity contribution in [2.45, 2.75) is 303 Å². The normalized spacial score (nSPS) is 12.8. The van der Waals surface area contributed by atoms with Gasteiger partial charge in [-0.1, -0.05) is 265 Å². The van der Waals surface area contributed by atoms with Gasteiger partial charge in [0.05, 0.1) is 0 Å². The molecule has 1 atom stereocenters. The van der Waals surface area contributed by atoms with E-state index in [9.17, 15) is 14.4 Å². The van der Waals surface area contributed by atoms with Gasteiger partial charge >= 0.3 is 17.9 Å². The van der Waals surface area contributed by atoms with Gasteiger partial charge in [-0.2, -0.15) is 0 Å². The van der Waals surface area contributed by atoms with Gasteiger partial charge in [-0.3, -0.25) is 14.4 Å². The summed E-state index contributed by atoms with van der Waals surface area (Å²) in [6.07, 6.45) is 86.7. The molecule has 0 amide bonds. The van der Waals surface area contributed by atoms with E-state index in [1.54, 1.807) is 0 Å². The predicted octanol–water partition coefficient (Wildman–Crippen LogP) is 21.8. The van der Waals surface area contributed by atoms with Crippen molar-refractivity contribution in [1.82, 2.24) is 0 Å². The Labute approximate surface area is 470 Å². The van der Waals surface area contributed by atoms with Crippen LogP contribution in [0.4, 0.5) is 0 Å². The topological polar surface area (TPSA) is 78.9 Å². The lowest BCUT2D eigenvalue weighted by atomic mass is 10.1. The molecule has 0 heterocycles. The van der Waals surface area contributed by atoms with Crippen molar-refractivity contribution in [2.24, 2.45) is 0 Å². The lowest BCUT2D eigenvalue weighted by Crippen LogP contribution is -2.30. The van der Waals surface area contributed by atoms with E-state index in [-0.39, 0.29) is 31.1 Å². The number of unbranched alkanes of at least 4 members (excludes halogenated alkanes) is 28. The average molecular weight is 1060 g/mol. The molecule has 6 heteroatoms. The molecule has 0 bridgehead atoms. The van der Waals surface area contributed by atoms with Gasteiger partial charge in [0.25, 0.3) is 0 Å².